The van der Waals surface area contributed by atoms with Crippen molar-refractivity contribution in [2.45, 2.75) is 25.5 Å². The van der Waals surface area contributed by atoms with E-state index >= 15 is 0 Å². The molecule has 3 N–H and O–H groups in total. The maximum absolute atomic E-state index is 12.1. The van der Waals surface area contributed by atoms with Gasteiger partial charge in [-0.15, -0.1) is 0 Å². The molecule has 0 radical (unpaired) electrons. The Bertz CT molecular complexity index is 553. The first-order valence-electron chi connectivity index (χ1n) is 7.40. The molecule has 1 aromatic carbocycles. The van der Waals surface area contributed by atoms with Crippen molar-refractivity contribution in [2.24, 2.45) is 5.73 Å². The Labute approximate surface area is 145 Å². The van der Waals surface area contributed by atoms with Crippen LogP contribution in [0.5, 0.6) is 5.75 Å². The van der Waals surface area contributed by atoms with Gasteiger partial charge in [0.1, 0.15) is 11.8 Å². The summed E-state index contributed by atoms with van der Waals surface area (Å²) >= 11 is 1.53. The number of hydrogen-bond acceptors (Lipinski definition) is 6. The van der Waals surface area contributed by atoms with E-state index in [1.807, 2.05) is 12.3 Å². The summed E-state index contributed by atoms with van der Waals surface area (Å²) in [6.07, 6.45) is 1.21. The molecule has 24 heavy (non-hydrogen) atoms. The predicted octanol–water partition coefficient (Wildman–Crippen LogP) is 0.720. The summed E-state index contributed by atoms with van der Waals surface area (Å²) in [4.78, 5) is 35.0. The lowest BCUT2D eigenvalue weighted by Gasteiger charge is -2.19. The summed E-state index contributed by atoms with van der Waals surface area (Å²) in [7, 11) is 0. The third-order valence-corrected chi connectivity index (χ3v) is 3.68. The molecular formula is C16H22N2O5S. The Balaban J connectivity index is 2.55. The van der Waals surface area contributed by atoms with Crippen LogP contribution in [-0.4, -0.2) is 48.5 Å². The number of amides is 2. The number of primary amides is 1. The first kappa shape index (κ1) is 19.8. The normalized spacial score (nSPS) is 12.8. The lowest BCUT2D eigenvalue weighted by Crippen LogP contribution is -2.46. The number of esters is 1. The van der Waals surface area contributed by atoms with Gasteiger partial charge in [0.2, 0.25) is 0 Å². The van der Waals surface area contributed by atoms with Gasteiger partial charge in [-0.3, -0.25) is 9.59 Å². The second-order valence-electron chi connectivity index (χ2n) is 4.98. The maximum atomic E-state index is 12.1. The molecule has 8 heteroatoms. The zero-order chi connectivity index (χ0) is 17.9. The highest BCUT2D eigenvalue weighted by molar-refractivity contribution is 7.98. The number of carbonyl (C=O) groups excluding carboxylic acids is 3. The van der Waals surface area contributed by atoms with E-state index in [1.165, 1.54) is 18.7 Å². The molecule has 7 nitrogen and oxygen atoms in total. The number of thioether (sulfide) groups is 1. The van der Waals surface area contributed by atoms with Crippen LogP contribution in [0.2, 0.25) is 0 Å². The molecule has 1 rings (SSSR count). The Hall–Kier alpha value is -2.22. The van der Waals surface area contributed by atoms with E-state index in [0.717, 1.165) is 0 Å². The number of benzene rings is 1. The number of hydrogen-bond donors (Lipinski definition) is 2. The third-order valence-electron chi connectivity index (χ3n) is 3.04. The quantitative estimate of drug-likeness (QED) is 0.600. The molecule has 132 valence electrons. The van der Waals surface area contributed by atoms with Crippen LogP contribution < -0.4 is 15.8 Å². The fourth-order valence-electron chi connectivity index (χ4n) is 1.70. The summed E-state index contributed by atoms with van der Waals surface area (Å²) < 4.78 is 10.3. The minimum atomic E-state index is -1.05. The van der Waals surface area contributed by atoms with Gasteiger partial charge in [-0.05, 0) is 37.5 Å². The van der Waals surface area contributed by atoms with Crippen LogP contribution >= 0.6 is 11.8 Å². The minimum absolute atomic E-state index is 0.224. The molecule has 0 heterocycles. The van der Waals surface area contributed by atoms with Crippen molar-refractivity contribution in [1.82, 2.24) is 5.32 Å². The summed E-state index contributed by atoms with van der Waals surface area (Å²) in [5, 5.41) is 2.56. The number of rotatable bonds is 10. The van der Waals surface area contributed by atoms with Gasteiger partial charge in [-0.25, -0.2) is 4.79 Å². The topological polar surface area (TPSA) is 108 Å². The fourth-order valence-corrected chi connectivity index (χ4v) is 2.17. The van der Waals surface area contributed by atoms with E-state index < -0.39 is 29.9 Å². The van der Waals surface area contributed by atoms with Crippen LogP contribution in [0.25, 0.3) is 0 Å². The Kier molecular flexibility index (Phi) is 8.70. The highest BCUT2D eigenvalue weighted by Gasteiger charge is 2.25. The number of para-hydroxylation sites is 1. The molecular weight excluding hydrogens is 332 g/mol. The molecule has 0 aliphatic heterocycles. The van der Waals surface area contributed by atoms with Gasteiger partial charge in [0.05, 0.1) is 0 Å². The molecule has 0 aliphatic carbocycles. The Morgan fingerprint density at radius 2 is 1.92 bits per heavy atom. The number of ether oxygens (including phenoxy) is 2. The van der Waals surface area contributed by atoms with Crippen molar-refractivity contribution in [3.8, 4) is 5.75 Å². The molecule has 0 unspecified atom stereocenters. The van der Waals surface area contributed by atoms with Crippen molar-refractivity contribution in [3.05, 3.63) is 30.3 Å². The standard InChI is InChI=1S/C16H22N2O5S/c1-11(15(17)20)23-16(21)13(8-9-24-2)18-14(19)10-22-12-6-4-3-5-7-12/h3-7,11,13H,8-10H2,1-2H3,(H2,17,20)(H,18,19)/t11-,13-/m0/s1. The van der Waals surface area contributed by atoms with Crippen molar-refractivity contribution < 1.29 is 23.9 Å². The van der Waals surface area contributed by atoms with Crippen LogP contribution in [0.3, 0.4) is 0 Å². The zero-order valence-electron chi connectivity index (χ0n) is 13.7. The first-order chi connectivity index (χ1) is 11.4. The molecule has 0 saturated carbocycles. The second kappa shape index (κ2) is 10.5. The molecule has 1 aromatic rings. The maximum Gasteiger partial charge on any atom is 0.329 e. The smallest absolute Gasteiger partial charge is 0.329 e. The van der Waals surface area contributed by atoms with Gasteiger partial charge in [0.15, 0.2) is 12.7 Å². The summed E-state index contributed by atoms with van der Waals surface area (Å²) in [6, 6.07) is 8.00. The highest BCUT2D eigenvalue weighted by Crippen LogP contribution is 2.08. The van der Waals surface area contributed by atoms with Crippen LogP contribution in [-0.2, 0) is 19.1 Å². The van der Waals surface area contributed by atoms with Crippen LogP contribution in [0.4, 0.5) is 0 Å². The molecule has 0 fully saturated rings. The molecule has 0 spiro atoms. The minimum Gasteiger partial charge on any atom is -0.484 e. The van der Waals surface area contributed by atoms with Gasteiger partial charge < -0.3 is 20.5 Å². The van der Waals surface area contributed by atoms with Crippen LogP contribution in [0, 0.1) is 0 Å². The number of nitrogens with one attached hydrogen (secondary N) is 1. The molecule has 0 saturated heterocycles. The van der Waals surface area contributed by atoms with E-state index in [9.17, 15) is 14.4 Å². The van der Waals surface area contributed by atoms with E-state index in [1.54, 1.807) is 24.3 Å². The Morgan fingerprint density at radius 1 is 1.25 bits per heavy atom. The Morgan fingerprint density at radius 3 is 2.50 bits per heavy atom. The van der Waals surface area contributed by atoms with Gasteiger partial charge in [-0.1, -0.05) is 18.2 Å². The summed E-state index contributed by atoms with van der Waals surface area (Å²) in [5.74, 6) is -0.689. The zero-order valence-corrected chi connectivity index (χ0v) is 14.5. The predicted molar refractivity (Wildman–Crippen MR) is 91.6 cm³/mol. The average Bonchev–Trinajstić information content (AvgIpc) is 2.57. The lowest BCUT2D eigenvalue weighted by molar-refractivity contribution is -0.156. The monoisotopic (exact) mass is 354 g/mol. The number of carbonyl (C=O) groups is 3. The molecule has 0 bridgehead atoms. The second-order valence-corrected chi connectivity index (χ2v) is 5.97. The van der Waals surface area contributed by atoms with Crippen molar-refractivity contribution in [2.75, 3.05) is 18.6 Å². The van der Waals surface area contributed by atoms with E-state index in [4.69, 9.17) is 15.2 Å². The van der Waals surface area contributed by atoms with Gasteiger partial charge in [-0.2, -0.15) is 11.8 Å². The van der Waals surface area contributed by atoms with Gasteiger partial charge in [0, 0.05) is 0 Å². The van der Waals surface area contributed by atoms with Crippen molar-refractivity contribution >= 4 is 29.5 Å². The van der Waals surface area contributed by atoms with Crippen molar-refractivity contribution in [1.29, 1.82) is 0 Å². The third kappa shape index (κ3) is 7.36. The van der Waals surface area contributed by atoms with Crippen molar-refractivity contribution in [3.63, 3.8) is 0 Å². The largest absolute Gasteiger partial charge is 0.484 e. The van der Waals surface area contributed by atoms with Crippen LogP contribution in [0.15, 0.2) is 30.3 Å². The lowest BCUT2D eigenvalue weighted by atomic mass is 10.2. The van der Waals surface area contributed by atoms with E-state index in [-0.39, 0.29) is 6.61 Å². The molecule has 2 amide bonds. The first-order valence-corrected chi connectivity index (χ1v) is 8.79. The fraction of sp³-hybridized carbons (Fsp3) is 0.438. The highest BCUT2D eigenvalue weighted by atomic mass is 32.2. The average molecular weight is 354 g/mol. The molecule has 2 atom stereocenters. The van der Waals surface area contributed by atoms with Crippen LogP contribution in [0.1, 0.15) is 13.3 Å². The summed E-state index contributed by atoms with van der Waals surface area (Å²) in [5.41, 5.74) is 5.07. The molecule has 0 aromatic heterocycles. The molecule has 0 aliphatic rings. The van der Waals surface area contributed by atoms with E-state index in [0.29, 0.717) is 17.9 Å². The van der Waals surface area contributed by atoms with Gasteiger partial charge >= 0.3 is 5.97 Å². The van der Waals surface area contributed by atoms with Gasteiger partial charge in [0.25, 0.3) is 11.8 Å². The van der Waals surface area contributed by atoms with E-state index in [2.05, 4.69) is 5.32 Å². The SMILES string of the molecule is CSCC[C@H](NC(=O)COc1ccccc1)C(=O)O[C@@H](C)C(N)=O. The number of nitrogens with two attached hydrogens (primary N) is 1. The summed E-state index contributed by atoms with van der Waals surface area (Å²) in [6.45, 7) is 1.16.